The van der Waals surface area contributed by atoms with Crippen LogP contribution < -0.4 is 10.1 Å². The molecule has 1 N–H and O–H groups in total. The predicted octanol–water partition coefficient (Wildman–Crippen LogP) is 2.40. The quantitative estimate of drug-likeness (QED) is 0.377. The maximum atomic E-state index is 12.8. The number of amides is 3. The third-order valence-corrected chi connectivity index (χ3v) is 4.28. The normalized spacial score (nSPS) is 19.4. The maximum absolute atomic E-state index is 12.8. The van der Waals surface area contributed by atoms with E-state index in [4.69, 9.17) is 4.74 Å². The molecule has 1 heterocycles. The number of nitro benzene ring substituents is 1. The molecular weight excluding hydrogens is 352 g/mol. The summed E-state index contributed by atoms with van der Waals surface area (Å²) >= 11 is 0. The summed E-state index contributed by atoms with van der Waals surface area (Å²) in [4.78, 5) is 35.6. The molecule has 0 aromatic heterocycles. The van der Waals surface area contributed by atoms with E-state index < -0.39 is 22.4 Å². The summed E-state index contributed by atoms with van der Waals surface area (Å²) in [5.74, 6) is 0.0258. The van der Waals surface area contributed by atoms with Crippen LogP contribution in [0, 0.1) is 10.1 Å². The number of carbonyl (C=O) groups excluding carboxylic acids is 2. The van der Waals surface area contributed by atoms with E-state index in [1.807, 2.05) is 0 Å². The molecule has 2 aromatic carbocycles. The molecule has 2 aromatic rings. The Kier molecular flexibility index (Phi) is 4.59. The van der Waals surface area contributed by atoms with Crippen LogP contribution in [-0.4, -0.2) is 35.2 Å². The molecule has 9 nitrogen and oxygen atoms in total. The lowest BCUT2D eigenvalue weighted by Crippen LogP contribution is -2.40. The third kappa shape index (κ3) is 3.22. The highest BCUT2D eigenvalue weighted by Crippen LogP contribution is 2.30. The van der Waals surface area contributed by atoms with Crippen molar-refractivity contribution in [1.29, 1.82) is 0 Å². The van der Waals surface area contributed by atoms with Gasteiger partial charge in [0.15, 0.2) is 0 Å². The number of nitrogens with zero attached hydrogens (tertiary/aromatic N) is 3. The Labute approximate surface area is 154 Å². The summed E-state index contributed by atoms with van der Waals surface area (Å²) in [6, 6.07) is 11.9. The van der Waals surface area contributed by atoms with Crippen LogP contribution in [-0.2, 0) is 10.3 Å². The first-order chi connectivity index (χ1) is 12.9. The molecule has 0 spiro atoms. The zero-order chi connectivity index (χ0) is 19.6. The van der Waals surface area contributed by atoms with E-state index in [-0.39, 0.29) is 11.3 Å². The predicted molar refractivity (Wildman–Crippen MR) is 96.4 cm³/mol. The molecule has 1 saturated heterocycles. The number of urea groups is 1. The van der Waals surface area contributed by atoms with Gasteiger partial charge in [-0.15, -0.1) is 5.01 Å². The fourth-order valence-corrected chi connectivity index (χ4v) is 2.73. The molecule has 1 aliphatic heterocycles. The minimum absolute atomic E-state index is 0.175. The molecule has 1 aliphatic rings. The van der Waals surface area contributed by atoms with Gasteiger partial charge in [-0.2, -0.15) is 5.10 Å². The molecule has 1 fully saturated rings. The van der Waals surface area contributed by atoms with Crippen LogP contribution >= 0.6 is 0 Å². The Morgan fingerprint density at radius 2 is 1.85 bits per heavy atom. The molecule has 138 valence electrons. The number of hydrogen-bond donors (Lipinski definition) is 1. The maximum Gasteiger partial charge on any atom is 0.346 e. The van der Waals surface area contributed by atoms with E-state index in [0.717, 1.165) is 6.21 Å². The minimum Gasteiger partial charge on any atom is -0.497 e. The van der Waals surface area contributed by atoms with E-state index >= 15 is 0 Å². The van der Waals surface area contributed by atoms with E-state index in [2.05, 4.69) is 10.4 Å². The van der Waals surface area contributed by atoms with Crippen LogP contribution in [0.1, 0.15) is 18.1 Å². The summed E-state index contributed by atoms with van der Waals surface area (Å²) < 4.78 is 5.09. The highest BCUT2D eigenvalue weighted by atomic mass is 16.6. The standard InChI is InChI=1S/C18H16N4O5/c1-18(13-7-9-14(27-2)10-8-13)16(23)21(17(24)20-18)19-11-12-5-3-4-6-15(12)22(25)26/h3-11H,1-2H3,(H,20,24)/b19-11-/t18-/m1/s1. The van der Waals surface area contributed by atoms with Gasteiger partial charge >= 0.3 is 6.03 Å². The number of carbonyl (C=O) groups is 2. The second-order valence-corrected chi connectivity index (χ2v) is 5.96. The Balaban J connectivity index is 1.89. The number of nitro groups is 1. The van der Waals surface area contributed by atoms with Crippen molar-refractivity contribution in [3.63, 3.8) is 0 Å². The third-order valence-electron chi connectivity index (χ3n) is 4.28. The van der Waals surface area contributed by atoms with E-state index in [9.17, 15) is 19.7 Å². The summed E-state index contributed by atoms with van der Waals surface area (Å²) in [5.41, 5.74) is -0.735. The molecule has 0 unspecified atom stereocenters. The number of benzene rings is 2. The number of ether oxygens (including phenoxy) is 1. The van der Waals surface area contributed by atoms with Crippen molar-refractivity contribution in [1.82, 2.24) is 10.3 Å². The van der Waals surface area contributed by atoms with Crippen LogP contribution in [0.2, 0.25) is 0 Å². The van der Waals surface area contributed by atoms with Crippen LogP contribution in [0.25, 0.3) is 0 Å². The van der Waals surface area contributed by atoms with Crippen LogP contribution in [0.5, 0.6) is 5.75 Å². The van der Waals surface area contributed by atoms with Crippen molar-refractivity contribution < 1.29 is 19.2 Å². The van der Waals surface area contributed by atoms with Crippen molar-refractivity contribution >= 4 is 23.8 Å². The monoisotopic (exact) mass is 368 g/mol. The molecular formula is C18H16N4O5. The molecule has 0 radical (unpaired) electrons. The Hall–Kier alpha value is -3.75. The molecule has 27 heavy (non-hydrogen) atoms. The molecule has 0 aliphatic carbocycles. The fraction of sp³-hybridized carbons (Fsp3) is 0.167. The zero-order valence-corrected chi connectivity index (χ0v) is 14.6. The average Bonchev–Trinajstić information content (AvgIpc) is 2.89. The summed E-state index contributed by atoms with van der Waals surface area (Å²) in [6.45, 7) is 1.57. The van der Waals surface area contributed by atoms with Crippen LogP contribution in [0.15, 0.2) is 53.6 Å². The number of nitrogens with one attached hydrogen (secondary N) is 1. The number of hydrazone groups is 1. The van der Waals surface area contributed by atoms with Crippen LogP contribution in [0.4, 0.5) is 10.5 Å². The molecule has 9 heteroatoms. The van der Waals surface area contributed by atoms with Crippen LogP contribution in [0.3, 0.4) is 0 Å². The highest BCUT2D eigenvalue weighted by Gasteiger charge is 2.49. The van der Waals surface area contributed by atoms with Crippen molar-refractivity contribution in [3.05, 3.63) is 69.8 Å². The minimum atomic E-state index is -1.30. The van der Waals surface area contributed by atoms with Gasteiger partial charge in [0.1, 0.15) is 11.3 Å². The van der Waals surface area contributed by atoms with Gasteiger partial charge in [0.2, 0.25) is 0 Å². The van der Waals surface area contributed by atoms with E-state index in [1.54, 1.807) is 37.3 Å². The first kappa shape index (κ1) is 18.1. The second kappa shape index (κ2) is 6.87. The largest absolute Gasteiger partial charge is 0.497 e. The fourth-order valence-electron chi connectivity index (χ4n) is 2.73. The molecule has 3 amide bonds. The average molecular weight is 368 g/mol. The molecule has 3 rings (SSSR count). The van der Waals surface area contributed by atoms with Gasteiger partial charge in [0.25, 0.3) is 11.6 Å². The highest BCUT2D eigenvalue weighted by molar-refractivity contribution is 6.07. The number of para-hydroxylation sites is 1. The lowest BCUT2D eigenvalue weighted by molar-refractivity contribution is -0.385. The summed E-state index contributed by atoms with van der Waals surface area (Å²) in [5, 5.41) is 18.2. The molecule has 0 bridgehead atoms. The van der Waals surface area contributed by atoms with Gasteiger partial charge in [-0.1, -0.05) is 24.3 Å². The SMILES string of the molecule is COc1ccc([C@@]2(C)NC(=O)N(/N=C\c3ccccc3[N+](=O)[O-])C2=O)cc1. The van der Waals surface area contributed by atoms with Crippen molar-refractivity contribution in [2.75, 3.05) is 7.11 Å². The number of imide groups is 1. The lowest BCUT2D eigenvalue weighted by Gasteiger charge is -2.21. The first-order valence-corrected chi connectivity index (χ1v) is 7.95. The van der Waals surface area contributed by atoms with Gasteiger partial charge in [0.05, 0.1) is 23.8 Å². The zero-order valence-electron chi connectivity index (χ0n) is 14.6. The van der Waals surface area contributed by atoms with Gasteiger partial charge in [-0.3, -0.25) is 14.9 Å². The Morgan fingerprint density at radius 3 is 2.48 bits per heavy atom. The second-order valence-electron chi connectivity index (χ2n) is 5.96. The first-order valence-electron chi connectivity index (χ1n) is 7.95. The number of rotatable bonds is 5. The molecule has 1 atom stereocenters. The van der Waals surface area contributed by atoms with Crippen molar-refractivity contribution in [3.8, 4) is 5.75 Å². The number of methoxy groups -OCH3 is 1. The van der Waals surface area contributed by atoms with Crippen molar-refractivity contribution in [2.45, 2.75) is 12.5 Å². The van der Waals surface area contributed by atoms with Gasteiger partial charge in [-0.05, 0) is 30.7 Å². The van der Waals surface area contributed by atoms with E-state index in [0.29, 0.717) is 16.3 Å². The van der Waals surface area contributed by atoms with E-state index in [1.165, 1.54) is 25.3 Å². The van der Waals surface area contributed by atoms with Crippen molar-refractivity contribution in [2.24, 2.45) is 5.10 Å². The summed E-state index contributed by atoms with van der Waals surface area (Å²) in [6.07, 6.45) is 1.12. The smallest absolute Gasteiger partial charge is 0.346 e. The Bertz CT molecular complexity index is 941. The summed E-state index contributed by atoms with van der Waals surface area (Å²) in [7, 11) is 1.53. The Morgan fingerprint density at radius 1 is 1.19 bits per heavy atom. The lowest BCUT2D eigenvalue weighted by atomic mass is 9.92. The van der Waals surface area contributed by atoms with Gasteiger partial charge in [0, 0.05) is 6.07 Å². The van der Waals surface area contributed by atoms with Gasteiger partial charge in [-0.25, -0.2) is 4.79 Å². The topological polar surface area (TPSA) is 114 Å². The van der Waals surface area contributed by atoms with Gasteiger partial charge < -0.3 is 10.1 Å². The molecule has 0 saturated carbocycles. The number of hydrogen-bond acceptors (Lipinski definition) is 6.